The van der Waals surface area contributed by atoms with Crippen LogP contribution in [-0.4, -0.2) is 53.4 Å². The Bertz CT molecular complexity index is 752. The predicted octanol–water partition coefficient (Wildman–Crippen LogP) is 3.42. The maximum Gasteiger partial charge on any atom is 0.273 e. The van der Waals surface area contributed by atoms with Crippen molar-refractivity contribution in [3.63, 3.8) is 0 Å². The van der Waals surface area contributed by atoms with E-state index in [1.807, 2.05) is 12.1 Å². The first-order valence-corrected chi connectivity index (χ1v) is 10.3. The van der Waals surface area contributed by atoms with Crippen LogP contribution in [0.15, 0.2) is 34.9 Å². The van der Waals surface area contributed by atoms with E-state index in [1.165, 1.54) is 11.8 Å². The number of carbonyl (C=O) groups excluding carboxylic acids is 1. The zero-order valence-corrected chi connectivity index (χ0v) is 17.4. The van der Waals surface area contributed by atoms with Crippen LogP contribution in [0.25, 0.3) is 0 Å². The summed E-state index contributed by atoms with van der Waals surface area (Å²) in [5.74, 6) is 0.995. The molecule has 2 heterocycles. The normalized spacial score (nSPS) is 15.9. The lowest BCUT2D eigenvalue weighted by molar-refractivity contribution is 0.0946. The maximum absolute atomic E-state index is 12.1. The van der Waals surface area contributed by atoms with Crippen LogP contribution >= 0.6 is 11.6 Å². The van der Waals surface area contributed by atoms with Crippen molar-refractivity contribution >= 4 is 17.5 Å². The van der Waals surface area contributed by atoms with Crippen LogP contribution in [-0.2, 0) is 13.1 Å². The molecule has 152 valence electrons. The second-order valence-corrected chi connectivity index (χ2v) is 8.18. The molecule has 7 heteroatoms. The minimum absolute atomic E-state index is 0.163. The molecule has 1 saturated heterocycles. The van der Waals surface area contributed by atoms with E-state index in [1.54, 1.807) is 0 Å². The van der Waals surface area contributed by atoms with Gasteiger partial charge in [0.25, 0.3) is 5.91 Å². The van der Waals surface area contributed by atoms with Gasteiger partial charge in [-0.3, -0.25) is 14.6 Å². The Balaban J connectivity index is 1.41. The standard InChI is InChI=1S/C21H29ClN4O2/c1-16(2)7-8-23-21(27)19-15-28-20(24-19)14-26-11-9-25(10-12-26)13-17-3-5-18(22)6-4-17/h3-6,15-16H,7-14H2,1-2H3,(H,23,27). The number of oxazole rings is 1. The second kappa shape index (κ2) is 10.0. The van der Waals surface area contributed by atoms with Gasteiger partial charge >= 0.3 is 0 Å². The van der Waals surface area contributed by atoms with E-state index < -0.39 is 0 Å². The Morgan fingerprint density at radius 3 is 2.43 bits per heavy atom. The summed E-state index contributed by atoms with van der Waals surface area (Å²) < 4.78 is 5.51. The second-order valence-electron chi connectivity index (χ2n) is 7.74. The van der Waals surface area contributed by atoms with Crippen LogP contribution < -0.4 is 5.32 Å². The van der Waals surface area contributed by atoms with E-state index in [2.05, 4.69) is 46.1 Å². The van der Waals surface area contributed by atoms with E-state index >= 15 is 0 Å². The van der Waals surface area contributed by atoms with Crippen molar-refractivity contribution in [3.05, 3.63) is 52.7 Å². The fourth-order valence-electron chi connectivity index (χ4n) is 3.20. The first kappa shape index (κ1) is 20.8. The Morgan fingerprint density at radius 2 is 1.79 bits per heavy atom. The van der Waals surface area contributed by atoms with Gasteiger partial charge in [0.2, 0.25) is 5.89 Å². The van der Waals surface area contributed by atoms with Crippen LogP contribution in [0.5, 0.6) is 0 Å². The molecule has 1 aliphatic rings. The topological polar surface area (TPSA) is 61.6 Å². The molecule has 0 radical (unpaired) electrons. The van der Waals surface area contributed by atoms with Gasteiger partial charge in [-0.05, 0) is 30.0 Å². The van der Waals surface area contributed by atoms with Crippen LogP contribution in [0, 0.1) is 5.92 Å². The monoisotopic (exact) mass is 404 g/mol. The lowest BCUT2D eigenvalue weighted by atomic mass is 10.1. The molecule has 1 aromatic carbocycles. The molecule has 0 bridgehead atoms. The molecular formula is C21H29ClN4O2. The number of rotatable bonds is 8. The van der Waals surface area contributed by atoms with Gasteiger partial charge in [-0.2, -0.15) is 0 Å². The first-order chi connectivity index (χ1) is 13.5. The van der Waals surface area contributed by atoms with Gasteiger partial charge in [-0.25, -0.2) is 4.98 Å². The van der Waals surface area contributed by atoms with Gasteiger partial charge in [-0.15, -0.1) is 0 Å². The third-order valence-electron chi connectivity index (χ3n) is 4.93. The number of carbonyl (C=O) groups is 1. The molecule has 0 atom stereocenters. The Hall–Kier alpha value is -1.89. The number of nitrogens with one attached hydrogen (secondary N) is 1. The average Bonchev–Trinajstić information content (AvgIpc) is 3.13. The smallest absolute Gasteiger partial charge is 0.273 e. The molecule has 1 aromatic heterocycles. The van der Waals surface area contributed by atoms with Crippen molar-refractivity contribution in [2.75, 3.05) is 32.7 Å². The van der Waals surface area contributed by atoms with Crippen LogP contribution in [0.4, 0.5) is 0 Å². The molecule has 1 N–H and O–H groups in total. The number of halogens is 1. The number of hydrogen-bond acceptors (Lipinski definition) is 5. The van der Waals surface area contributed by atoms with Crippen LogP contribution in [0.1, 0.15) is 42.2 Å². The SMILES string of the molecule is CC(C)CCNC(=O)c1coc(CN2CCN(Cc3ccc(Cl)cc3)CC2)n1. The number of hydrogen-bond donors (Lipinski definition) is 1. The van der Waals surface area contributed by atoms with Gasteiger partial charge in [0.1, 0.15) is 6.26 Å². The summed E-state index contributed by atoms with van der Waals surface area (Å²) >= 11 is 5.95. The number of benzene rings is 1. The molecule has 2 aromatic rings. The summed E-state index contributed by atoms with van der Waals surface area (Å²) in [4.78, 5) is 21.2. The summed E-state index contributed by atoms with van der Waals surface area (Å²) in [6, 6.07) is 8.03. The van der Waals surface area contributed by atoms with Crippen molar-refractivity contribution in [3.8, 4) is 0 Å². The number of nitrogens with zero attached hydrogens (tertiary/aromatic N) is 3. The zero-order valence-electron chi connectivity index (χ0n) is 16.7. The molecule has 0 aliphatic carbocycles. The molecule has 0 spiro atoms. The zero-order chi connectivity index (χ0) is 19.9. The summed E-state index contributed by atoms with van der Waals surface area (Å²) in [6.45, 7) is 10.4. The molecule has 0 unspecified atom stereocenters. The lowest BCUT2D eigenvalue weighted by Gasteiger charge is -2.34. The first-order valence-electron chi connectivity index (χ1n) is 9.91. The van der Waals surface area contributed by atoms with E-state index in [4.69, 9.17) is 16.0 Å². The van der Waals surface area contributed by atoms with Crippen molar-refractivity contribution in [1.82, 2.24) is 20.1 Å². The number of piperazine rings is 1. The van der Waals surface area contributed by atoms with Gasteiger partial charge in [0.15, 0.2) is 5.69 Å². The number of aromatic nitrogens is 1. The highest BCUT2D eigenvalue weighted by atomic mass is 35.5. The fourth-order valence-corrected chi connectivity index (χ4v) is 3.32. The molecular weight excluding hydrogens is 376 g/mol. The quantitative estimate of drug-likeness (QED) is 0.730. The van der Waals surface area contributed by atoms with E-state index in [9.17, 15) is 4.79 Å². The van der Waals surface area contributed by atoms with Gasteiger partial charge in [0.05, 0.1) is 6.54 Å². The van der Waals surface area contributed by atoms with Crippen molar-refractivity contribution in [1.29, 1.82) is 0 Å². The third-order valence-corrected chi connectivity index (χ3v) is 5.19. The highest BCUT2D eigenvalue weighted by Gasteiger charge is 2.20. The third kappa shape index (κ3) is 6.33. The molecule has 0 saturated carbocycles. The van der Waals surface area contributed by atoms with Gasteiger partial charge in [-0.1, -0.05) is 37.6 Å². The lowest BCUT2D eigenvalue weighted by Crippen LogP contribution is -2.45. The average molecular weight is 405 g/mol. The Morgan fingerprint density at radius 1 is 1.14 bits per heavy atom. The highest BCUT2D eigenvalue weighted by molar-refractivity contribution is 6.30. The van der Waals surface area contributed by atoms with Gasteiger partial charge in [0, 0.05) is 44.3 Å². The summed E-state index contributed by atoms with van der Waals surface area (Å²) in [7, 11) is 0. The number of amides is 1. The van der Waals surface area contributed by atoms with Crippen LogP contribution in [0.3, 0.4) is 0 Å². The van der Waals surface area contributed by atoms with Crippen molar-refractivity contribution < 1.29 is 9.21 Å². The summed E-state index contributed by atoms with van der Waals surface area (Å²) in [6.07, 6.45) is 2.41. The molecule has 6 nitrogen and oxygen atoms in total. The van der Waals surface area contributed by atoms with E-state index in [0.717, 1.165) is 44.2 Å². The molecule has 1 amide bonds. The maximum atomic E-state index is 12.1. The van der Waals surface area contributed by atoms with Crippen molar-refractivity contribution in [2.45, 2.75) is 33.4 Å². The van der Waals surface area contributed by atoms with Crippen LogP contribution in [0.2, 0.25) is 5.02 Å². The molecule has 3 rings (SSSR count). The minimum Gasteiger partial charge on any atom is -0.447 e. The Labute approximate surface area is 171 Å². The fraction of sp³-hybridized carbons (Fsp3) is 0.524. The summed E-state index contributed by atoms with van der Waals surface area (Å²) in [5, 5.41) is 3.66. The van der Waals surface area contributed by atoms with E-state index in [0.29, 0.717) is 30.6 Å². The minimum atomic E-state index is -0.163. The largest absolute Gasteiger partial charge is 0.447 e. The Kier molecular flexibility index (Phi) is 7.48. The molecule has 1 aliphatic heterocycles. The molecule has 1 fully saturated rings. The van der Waals surface area contributed by atoms with Gasteiger partial charge < -0.3 is 9.73 Å². The molecule has 28 heavy (non-hydrogen) atoms. The summed E-state index contributed by atoms with van der Waals surface area (Å²) in [5.41, 5.74) is 1.64. The van der Waals surface area contributed by atoms with Crippen molar-refractivity contribution in [2.24, 2.45) is 5.92 Å². The highest BCUT2D eigenvalue weighted by Crippen LogP contribution is 2.14. The van der Waals surface area contributed by atoms with E-state index in [-0.39, 0.29) is 5.91 Å². The predicted molar refractivity (Wildman–Crippen MR) is 110 cm³/mol.